The van der Waals surface area contributed by atoms with Crippen LogP contribution in [0.25, 0.3) is 10.9 Å². The second-order valence-corrected chi connectivity index (χ2v) is 9.73. The Labute approximate surface area is 221 Å². The number of amides is 1. The maximum atomic E-state index is 13.3. The van der Waals surface area contributed by atoms with Gasteiger partial charge in [-0.15, -0.1) is 0 Å². The monoisotopic (exact) mass is 519 g/mol. The molecule has 0 aliphatic carbocycles. The number of likely N-dealkylation sites (tertiary alicyclic amines) is 1. The fraction of sp³-hybridized carbons (Fsp3) is 0.414. The molecule has 3 heterocycles. The number of carboxylic acid groups (broad SMARTS) is 1. The third-order valence-electron chi connectivity index (χ3n) is 7.23. The number of piperidine rings is 1. The number of carbonyl (C=O) groups is 2. The van der Waals surface area contributed by atoms with Crippen LogP contribution in [0, 0.1) is 0 Å². The van der Waals surface area contributed by atoms with E-state index in [0.29, 0.717) is 36.6 Å². The van der Waals surface area contributed by atoms with Gasteiger partial charge < -0.3 is 29.5 Å². The summed E-state index contributed by atoms with van der Waals surface area (Å²) in [6, 6.07) is 13.4. The lowest BCUT2D eigenvalue weighted by Gasteiger charge is -2.32. The number of hydrogen-bond donors (Lipinski definition) is 2. The van der Waals surface area contributed by atoms with E-state index >= 15 is 0 Å². The van der Waals surface area contributed by atoms with Crippen LogP contribution in [0.1, 0.15) is 40.7 Å². The Hall–Kier alpha value is -3.85. The standard InChI is InChI=1S/C29H33N3O6/c1-36-26-8-6-22-20(4-9-27(33)34)3-5-23(28(22)31-26)29(35)30-21-11-14-32(15-12-21)13-10-19-2-7-24-25(18-19)38-17-16-37-24/h2-3,5-8,18,21H,4,9-17H2,1H3,(H,30,35)(H,33,34). The number of benzene rings is 2. The number of nitrogens with zero attached hydrogens (tertiary/aromatic N) is 2. The highest BCUT2D eigenvalue weighted by molar-refractivity contribution is 6.06. The van der Waals surface area contributed by atoms with Crippen molar-refractivity contribution in [3.8, 4) is 17.4 Å². The summed E-state index contributed by atoms with van der Waals surface area (Å²) in [5.74, 6) is 1.01. The maximum absolute atomic E-state index is 13.3. The van der Waals surface area contributed by atoms with Crippen LogP contribution in [0.5, 0.6) is 17.4 Å². The Kier molecular flexibility index (Phi) is 7.93. The molecule has 5 rings (SSSR count). The molecule has 0 saturated carbocycles. The van der Waals surface area contributed by atoms with Crippen LogP contribution < -0.4 is 19.5 Å². The zero-order valence-electron chi connectivity index (χ0n) is 21.6. The van der Waals surface area contributed by atoms with Crippen molar-refractivity contribution in [2.75, 3.05) is 40.0 Å². The van der Waals surface area contributed by atoms with E-state index in [0.717, 1.165) is 61.3 Å². The maximum Gasteiger partial charge on any atom is 0.303 e. The molecule has 1 fully saturated rings. The first-order valence-electron chi connectivity index (χ1n) is 13.1. The number of nitrogens with one attached hydrogen (secondary N) is 1. The highest BCUT2D eigenvalue weighted by atomic mass is 16.6. The summed E-state index contributed by atoms with van der Waals surface area (Å²) >= 11 is 0. The first kappa shape index (κ1) is 25.8. The molecule has 0 bridgehead atoms. The van der Waals surface area contributed by atoms with Crippen LogP contribution in [0.2, 0.25) is 0 Å². The third-order valence-corrected chi connectivity index (χ3v) is 7.23. The smallest absolute Gasteiger partial charge is 0.303 e. The Bertz CT molecular complexity index is 1320. The Morgan fingerprint density at radius 1 is 1.05 bits per heavy atom. The van der Waals surface area contributed by atoms with Gasteiger partial charge in [-0.25, -0.2) is 4.98 Å². The number of aryl methyl sites for hydroxylation is 1. The van der Waals surface area contributed by atoms with Gasteiger partial charge in [-0.05, 0) is 61.1 Å². The normalized spacial score (nSPS) is 15.8. The number of aliphatic carboxylic acids is 1. The molecule has 2 aromatic carbocycles. The minimum Gasteiger partial charge on any atom is -0.486 e. The molecule has 0 unspecified atom stereocenters. The summed E-state index contributed by atoms with van der Waals surface area (Å²) in [6.07, 6.45) is 3.06. The zero-order valence-corrected chi connectivity index (χ0v) is 21.6. The predicted octanol–water partition coefficient (Wildman–Crippen LogP) is 3.47. The van der Waals surface area contributed by atoms with E-state index in [1.54, 1.807) is 12.1 Å². The Morgan fingerprint density at radius 3 is 2.61 bits per heavy atom. The molecular weight excluding hydrogens is 486 g/mol. The first-order valence-corrected chi connectivity index (χ1v) is 13.1. The van der Waals surface area contributed by atoms with Crippen molar-refractivity contribution >= 4 is 22.8 Å². The quantitative estimate of drug-likeness (QED) is 0.442. The van der Waals surface area contributed by atoms with Gasteiger partial charge in [0, 0.05) is 43.5 Å². The van der Waals surface area contributed by atoms with Crippen molar-refractivity contribution in [1.29, 1.82) is 0 Å². The van der Waals surface area contributed by atoms with Gasteiger partial charge in [0.15, 0.2) is 11.5 Å². The fourth-order valence-electron chi connectivity index (χ4n) is 5.11. The summed E-state index contributed by atoms with van der Waals surface area (Å²) in [5.41, 5.74) is 3.08. The van der Waals surface area contributed by atoms with Gasteiger partial charge in [0.05, 0.1) is 18.2 Å². The molecular formula is C29H33N3O6. The van der Waals surface area contributed by atoms with E-state index in [4.69, 9.17) is 19.3 Å². The van der Waals surface area contributed by atoms with Crippen LogP contribution in [-0.4, -0.2) is 72.9 Å². The van der Waals surface area contributed by atoms with Crippen LogP contribution >= 0.6 is 0 Å². The number of ether oxygens (including phenoxy) is 3. The van der Waals surface area contributed by atoms with Gasteiger partial charge in [-0.1, -0.05) is 12.1 Å². The van der Waals surface area contributed by atoms with E-state index in [1.807, 2.05) is 18.2 Å². The Balaban J connectivity index is 1.18. The number of pyridine rings is 1. The van der Waals surface area contributed by atoms with Crippen LogP contribution in [0.4, 0.5) is 0 Å². The second kappa shape index (κ2) is 11.7. The molecule has 3 aromatic rings. The molecule has 2 aliphatic heterocycles. The minimum atomic E-state index is -0.862. The van der Waals surface area contributed by atoms with E-state index in [9.17, 15) is 9.59 Å². The highest BCUT2D eigenvalue weighted by Crippen LogP contribution is 2.31. The average Bonchev–Trinajstić information content (AvgIpc) is 2.94. The number of carboxylic acids is 1. The van der Waals surface area contributed by atoms with E-state index in [1.165, 1.54) is 12.7 Å². The SMILES string of the molecule is COc1ccc2c(CCC(=O)O)ccc(C(=O)NC3CCN(CCc4ccc5c(c4)OCCO5)CC3)c2n1. The number of rotatable bonds is 9. The van der Waals surface area contributed by atoms with Gasteiger partial charge in [-0.2, -0.15) is 0 Å². The van der Waals surface area contributed by atoms with Gasteiger partial charge in [0.25, 0.3) is 5.91 Å². The van der Waals surface area contributed by atoms with Gasteiger partial charge in [0.1, 0.15) is 13.2 Å². The molecule has 1 amide bonds. The summed E-state index contributed by atoms with van der Waals surface area (Å²) in [7, 11) is 1.53. The number of carbonyl (C=O) groups excluding carboxylic acids is 1. The summed E-state index contributed by atoms with van der Waals surface area (Å²) in [4.78, 5) is 31.3. The molecule has 9 heteroatoms. The number of fused-ring (bicyclic) bond motifs is 2. The summed E-state index contributed by atoms with van der Waals surface area (Å²) in [5, 5.41) is 13.1. The lowest BCUT2D eigenvalue weighted by atomic mass is 9.99. The fourth-order valence-corrected chi connectivity index (χ4v) is 5.11. The second-order valence-electron chi connectivity index (χ2n) is 9.73. The zero-order chi connectivity index (χ0) is 26.5. The van der Waals surface area contributed by atoms with Crippen molar-refractivity contribution < 1.29 is 28.9 Å². The molecule has 38 heavy (non-hydrogen) atoms. The molecule has 1 aromatic heterocycles. The number of hydrogen-bond acceptors (Lipinski definition) is 7. The lowest BCUT2D eigenvalue weighted by Crippen LogP contribution is -2.45. The van der Waals surface area contributed by atoms with Gasteiger partial charge in [0.2, 0.25) is 5.88 Å². The molecule has 9 nitrogen and oxygen atoms in total. The van der Waals surface area contributed by atoms with Crippen LogP contribution in [0.3, 0.4) is 0 Å². The van der Waals surface area contributed by atoms with Crippen molar-refractivity contribution in [3.63, 3.8) is 0 Å². The molecule has 2 aliphatic rings. The molecule has 200 valence electrons. The van der Waals surface area contributed by atoms with E-state index in [-0.39, 0.29) is 18.4 Å². The summed E-state index contributed by atoms with van der Waals surface area (Å²) in [6.45, 7) is 3.96. The molecule has 0 atom stereocenters. The minimum absolute atomic E-state index is 0.0138. The Morgan fingerprint density at radius 2 is 1.84 bits per heavy atom. The van der Waals surface area contributed by atoms with Crippen LogP contribution in [0.15, 0.2) is 42.5 Å². The summed E-state index contributed by atoms with van der Waals surface area (Å²) < 4.78 is 16.6. The van der Waals surface area contributed by atoms with E-state index in [2.05, 4.69) is 27.3 Å². The van der Waals surface area contributed by atoms with Gasteiger partial charge >= 0.3 is 5.97 Å². The molecule has 0 spiro atoms. The molecule has 0 radical (unpaired) electrons. The third kappa shape index (κ3) is 5.99. The molecule has 2 N–H and O–H groups in total. The average molecular weight is 520 g/mol. The van der Waals surface area contributed by atoms with Gasteiger partial charge in [-0.3, -0.25) is 9.59 Å². The largest absolute Gasteiger partial charge is 0.486 e. The van der Waals surface area contributed by atoms with Crippen molar-refractivity contribution in [2.24, 2.45) is 0 Å². The predicted molar refractivity (Wildman–Crippen MR) is 142 cm³/mol. The van der Waals surface area contributed by atoms with E-state index < -0.39 is 5.97 Å². The van der Waals surface area contributed by atoms with Crippen molar-refractivity contribution in [1.82, 2.24) is 15.2 Å². The number of aromatic nitrogens is 1. The van der Waals surface area contributed by atoms with Crippen molar-refractivity contribution in [3.05, 3.63) is 59.2 Å². The lowest BCUT2D eigenvalue weighted by molar-refractivity contribution is -0.136. The first-order chi connectivity index (χ1) is 18.5. The van der Waals surface area contributed by atoms with Crippen molar-refractivity contribution in [2.45, 2.75) is 38.1 Å². The molecule has 1 saturated heterocycles. The topological polar surface area (TPSA) is 110 Å². The number of methoxy groups -OCH3 is 1. The highest BCUT2D eigenvalue weighted by Gasteiger charge is 2.23. The van der Waals surface area contributed by atoms with Crippen LogP contribution in [-0.2, 0) is 17.6 Å².